The van der Waals surface area contributed by atoms with Crippen molar-refractivity contribution < 1.29 is 22.3 Å². The van der Waals surface area contributed by atoms with E-state index >= 15 is 0 Å². The number of anilines is 2. The Hall–Kier alpha value is -2.69. The first-order valence-corrected chi connectivity index (χ1v) is 9.62. The highest BCUT2D eigenvalue weighted by atomic mass is 19.4. The lowest BCUT2D eigenvalue weighted by Gasteiger charge is -2.20. The third-order valence-corrected chi connectivity index (χ3v) is 4.63. The molecule has 1 unspecified atom stereocenters. The van der Waals surface area contributed by atoms with Crippen LogP contribution in [0, 0.1) is 5.82 Å². The molecule has 1 aromatic heterocycles. The van der Waals surface area contributed by atoms with E-state index in [0.29, 0.717) is 6.04 Å². The smallest absolute Gasteiger partial charge is 0.422 e. The number of halogens is 4. The standard InChI is InChI=1S/C19H24F4N6O/c1-12(2)29-8-7-15(10-29)25-17-26-16(24-9-13-3-5-14(20)6-4-13)27-18(28-17)30-11-19(21,22)23/h3-6,12,15H,7-11H2,1-2H3,(H2,24,25,26,27,28). The fourth-order valence-electron chi connectivity index (χ4n) is 3.05. The van der Waals surface area contributed by atoms with Crippen molar-refractivity contribution in [2.75, 3.05) is 30.3 Å². The second-order valence-corrected chi connectivity index (χ2v) is 7.37. The maximum Gasteiger partial charge on any atom is 0.422 e. The molecule has 2 N–H and O–H groups in total. The molecule has 1 saturated heterocycles. The summed E-state index contributed by atoms with van der Waals surface area (Å²) in [5.41, 5.74) is 0.757. The first kappa shape index (κ1) is 22.0. The monoisotopic (exact) mass is 428 g/mol. The minimum Gasteiger partial charge on any atom is -0.454 e. The Kier molecular flexibility index (Phi) is 6.91. The minimum absolute atomic E-state index is 0.0627. The number of rotatable bonds is 8. The summed E-state index contributed by atoms with van der Waals surface area (Å²) in [6, 6.07) is 5.84. The van der Waals surface area contributed by atoms with Crippen molar-refractivity contribution in [2.24, 2.45) is 0 Å². The summed E-state index contributed by atoms with van der Waals surface area (Å²) in [5.74, 6) is -0.160. The quantitative estimate of drug-likeness (QED) is 0.624. The summed E-state index contributed by atoms with van der Waals surface area (Å²) in [4.78, 5) is 14.4. The van der Waals surface area contributed by atoms with E-state index in [4.69, 9.17) is 4.74 Å². The Morgan fingerprint density at radius 2 is 1.83 bits per heavy atom. The van der Waals surface area contributed by atoms with E-state index in [0.717, 1.165) is 25.1 Å². The van der Waals surface area contributed by atoms with Crippen molar-refractivity contribution in [1.82, 2.24) is 19.9 Å². The summed E-state index contributed by atoms with van der Waals surface area (Å²) in [6.07, 6.45) is -3.65. The Morgan fingerprint density at radius 3 is 2.47 bits per heavy atom. The number of nitrogens with zero attached hydrogens (tertiary/aromatic N) is 4. The van der Waals surface area contributed by atoms with Crippen LogP contribution in [0.5, 0.6) is 6.01 Å². The average molecular weight is 428 g/mol. The summed E-state index contributed by atoms with van der Waals surface area (Å²) in [5, 5.41) is 6.07. The van der Waals surface area contributed by atoms with Gasteiger partial charge in [0.1, 0.15) is 5.82 Å². The van der Waals surface area contributed by atoms with Gasteiger partial charge in [-0.05, 0) is 38.0 Å². The molecule has 1 aromatic carbocycles. The third kappa shape index (κ3) is 6.68. The lowest BCUT2D eigenvalue weighted by Crippen LogP contribution is -2.31. The zero-order valence-corrected chi connectivity index (χ0v) is 16.7. The number of likely N-dealkylation sites (tertiary alicyclic amines) is 1. The lowest BCUT2D eigenvalue weighted by molar-refractivity contribution is -0.154. The summed E-state index contributed by atoms with van der Waals surface area (Å²) < 4.78 is 55.3. The van der Waals surface area contributed by atoms with Crippen LogP contribution in [0.4, 0.5) is 29.5 Å². The van der Waals surface area contributed by atoms with Crippen molar-refractivity contribution in [3.63, 3.8) is 0 Å². The Balaban J connectivity index is 1.71. The molecule has 3 rings (SSSR count). The van der Waals surface area contributed by atoms with Crippen LogP contribution in [-0.2, 0) is 6.54 Å². The van der Waals surface area contributed by atoms with Crippen LogP contribution in [0.25, 0.3) is 0 Å². The van der Waals surface area contributed by atoms with E-state index in [1.165, 1.54) is 12.1 Å². The van der Waals surface area contributed by atoms with Gasteiger partial charge in [-0.15, -0.1) is 0 Å². The predicted molar refractivity (Wildman–Crippen MR) is 104 cm³/mol. The van der Waals surface area contributed by atoms with Crippen LogP contribution < -0.4 is 15.4 Å². The summed E-state index contributed by atoms with van der Waals surface area (Å²) >= 11 is 0. The molecule has 30 heavy (non-hydrogen) atoms. The average Bonchev–Trinajstić information content (AvgIpc) is 3.14. The maximum atomic E-state index is 13.0. The van der Waals surface area contributed by atoms with Crippen LogP contribution in [-0.4, -0.2) is 57.8 Å². The predicted octanol–water partition coefficient (Wildman–Crippen LogP) is 3.46. The van der Waals surface area contributed by atoms with E-state index < -0.39 is 18.8 Å². The van der Waals surface area contributed by atoms with Gasteiger partial charge in [-0.2, -0.15) is 28.1 Å². The van der Waals surface area contributed by atoms with Crippen molar-refractivity contribution in [1.29, 1.82) is 0 Å². The second-order valence-electron chi connectivity index (χ2n) is 7.37. The number of alkyl halides is 3. The first-order chi connectivity index (χ1) is 14.2. The van der Waals surface area contributed by atoms with E-state index in [9.17, 15) is 17.6 Å². The number of nitrogens with one attached hydrogen (secondary N) is 2. The molecule has 1 aliphatic rings. The molecule has 11 heteroatoms. The van der Waals surface area contributed by atoms with Crippen LogP contribution in [0.2, 0.25) is 0 Å². The molecule has 7 nitrogen and oxygen atoms in total. The highest BCUT2D eigenvalue weighted by molar-refractivity contribution is 5.37. The van der Waals surface area contributed by atoms with Crippen LogP contribution in [0.15, 0.2) is 24.3 Å². The van der Waals surface area contributed by atoms with E-state index in [-0.39, 0.29) is 30.3 Å². The molecule has 0 saturated carbocycles. The lowest BCUT2D eigenvalue weighted by atomic mass is 10.2. The maximum absolute atomic E-state index is 13.0. The van der Waals surface area contributed by atoms with Crippen molar-refractivity contribution in [3.05, 3.63) is 35.6 Å². The van der Waals surface area contributed by atoms with E-state index in [2.05, 4.69) is 44.3 Å². The van der Waals surface area contributed by atoms with Crippen LogP contribution in [0.1, 0.15) is 25.8 Å². The molecule has 2 aromatic rings. The SMILES string of the molecule is CC(C)N1CCC(Nc2nc(NCc3ccc(F)cc3)nc(OCC(F)(F)F)n2)C1. The Bertz CT molecular complexity index is 831. The molecular weight excluding hydrogens is 404 g/mol. The fourth-order valence-corrected chi connectivity index (χ4v) is 3.05. The van der Waals surface area contributed by atoms with Crippen molar-refractivity contribution in [3.8, 4) is 6.01 Å². The molecule has 164 valence electrons. The molecule has 1 fully saturated rings. The highest BCUT2D eigenvalue weighted by Gasteiger charge is 2.29. The minimum atomic E-state index is -4.51. The molecule has 1 aliphatic heterocycles. The number of ether oxygens (including phenoxy) is 1. The Labute approximate surface area is 171 Å². The van der Waals surface area contributed by atoms with E-state index in [1.54, 1.807) is 12.1 Å². The number of aromatic nitrogens is 3. The van der Waals surface area contributed by atoms with Gasteiger partial charge in [0.2, 0.25) is 11.9 Å². The molecule has 0 aliphatic carbocycles. The summed E-state index contributed by atoms with van der Waals surface area (Å²) in [7, 11) is 0. The normalized spacial score (nSPS) is 17.4. The van der Waals surface area contributed by atoms with Crippen LogP contribution >= 0.6 is 0 Å². The van der Waals surface area contributed by atoms with Gasteiger partial charge in [-0.3, -0.25) is 4.90 Å². The summed E-state index contributed by atoms with van der Waals surface area (Å²) in [6.45, 7) is 4.65. The van der Waals surface area contributed by atoms with Crippen LogP contribution in [0.3, 0.4) is 0 Å². The van der Waals surface area contributed by atoms with Gasteiger partial charge in [-0.1, -0.05) is 12.1 Å². The topological polar surface area (TPSA) is 75.2 Å². The third-order valence-electron chi connectivity index (χ3n) is 4.63. The number of hydrogen-bond donors (Lipinski definition) is 2. The zero-order valence-electron chi connectivity index (χ0n) is 16.7. The Morgan fingerprint density at radius 1 is 1.13 bits per heavy atom. The molecule has 0 amide bonds. The molecular formula is C19H24F4N6O. The van der Waals surface area contributed by atoms with Crippen molar-refractivity contribution >= 4 is 11.9 Å². The first-order valence-electron chi connectivity index (χ1n) is 9.62. The molecule has 1 atom stereocenters. The van der Waals surface area contributed by atoms with Gasteiger partial charge >= 0.3 is 12.2 Å². The molecule has 0 radical (unpaired) electrons. The van der Waals surface area contributed by atoms with Gasteiger partial charge < -0.3 is 15.4 Å². The number of hydrogen-bond acceptors (Lipinski definition) is 7. The largest absolute Gasteiger partial charge is 0.454 e. The van der Waals surface area contributed by atoms with Gasteiger partial charge in [0.05, 0.1) is 0 Å². The van der Waals surface area contributed by atoms with Gasteiger partial charge in [-0.25, -0.2) is 4.39 Å². The number of benzene rings is 1. The van der Waals surface area contributed by atoms with E-state index in [1.807, 2.05) is 0 Å². The molecule has 0 spiro atoms. The molecule has 2 heterocycles. The van der Waals surface area contributed by atoms with Gasteiger partial charge in [0, 0.05) is 31.7 Å². The van der Waals surface area contributed by atoms with Gasteiger partial charge in [0.25, 0.3) is 0 Å². The highest BCUT2D eigenvalue weighted by Crippen LogP contribution is 2.20. The fraction of sp³-hybridized carbons (Fsp3) is 0.526. The molecule has 0 bridgehead atoms. The zero-order chi connectivity index (χ0) is 21.7. The van der Waals surface area contributed by atoms with Crippen molar-refractivity contribution in [2.45, 2.75) is 45.1 Å². The second kappa shape index (κ2) is 9.41. The van der Waals surface area contributed by atoms with Gasteiger partial charge in [0.15, 0.2) is 6.61 Å².